The predicted octanol–water partition coefficient (Wildman–Crippen LogP) is 6.51. The van der Waals surface area contributed by atoms with Gasteiger partial charge in [-0.3, -0.25) is 4.79 Å². The molecule has 2 rings (SSSR count). The van der Waals surface area contributed by atoms with E-state index in [0.29, 0.717) is 5.92 Å². The van der Waals surface area contributed by atoms with Crippen molar-refractivity contribution in [3.63, 3.8) is 0 Å². The van der Waals surface area contributed by atoms with Crippen LogP contribution in [0.5, 0.6) is 0 Å². The van der Waals surface area contributed by atoms with Gasteiger partial charge in [0.05, 0.1) is 5.69 Å². The molecule has 2 nitrogen and oxygen atoms in total. The SMILES string of the molecule is CCSc1ccccc1NC(=O)C1(CC(CC)CC)CCCCC1. The van der Waals surface area contributed by atoms with Gasteiger partial charge in [-0.05, 0) is 43.1 Å². The molecule has 0 aromatic heterocycles. The minimum absolute atomic E-state index is 0.154. The number of hydrogen-bond acceptors (Lipinski definition) is 2. The maximum Gasteiger partial charge on any atom is 0.230 e. The molecule has 0 saturated heterocycles. The highest BCUT2D eigenvalue weighted by Gasteiger charge is 2.40. The topological polar surface area (TPSA) is 29.1 Å². The van der Waals surface area contributed by atoms with Crippen molar-refractivity contribution in [2.75, 3.05) is 11.1 Å². The summed E-state index contributed by atoms with van der Waals surface area (Å²) in [5.74, 6) is 1.94. The summed E-state index contributed by atoms with van der Waals surface area (Å²) in [6, 6.07) is 8.22. The van der Waals surface area contributed by atoms with Gasteiger partial charge in [-0.25, -0.2) is 0 Å². The molecule has 1 aliphatic rings. The van der Waals surface area contributed by atoms with E-state index in [-0.39, 0.29) is 11.3 Å². The number of para-hydroxylation sites is 1. The highest BCUT2D eigenvalue weighted by molar-refractivity contribution is 7.99. The Morgan fingerprint density at radius 1 is 1.12 bits per heavy atom. The maximum absolute atomic E-state index is 13.3. The maximum atomic E-state index is 13.3. The van der Waals surface area contributed by atoms with Crippen LogP contribution in [0.4, 0.5) is 5.69 Å². The lowest BCUT2D eigenvalue weighted by Gasteiger charge is -2.38. The lowest BCUT2D eigenvalue weighted by molar-refractivity contribution is -0.128. The Kier molecular flexibility index (Phi) is 7.67. The van der Waals surface area contributed by atoms with Crippen molar-refractivity contribution in [3.05, 3.63) is 24.3 Å². The van der Waals surface area contributed by atoms with Crippen molar-refractivity contribution in [2.24, 2.45) is 11.3 Å². The van der Waals surface area contributed by atoms with E-state index < -0.39 is 0 Å². The smallest absolute Gasteiger partial charge is 0.230 e. The van der Waals surface area contributed by atoms with Gasteiger partial charge in [-0.2, -0.15) is 0 Å². The first-order chi connectivity index (χ1) is 11.6. The Balaban J connectivity index is 2.19. The summed E-state index contributed by atoms with van der Waals surface area (Å²) < 4.78 is 0. The van der Waals surface area contributed by atoms with Gasteiger partial charge in [-0.15, -0.1) is 11.8 Å². The monoisotopic (exact) mass is 347 g/mol. The summed E-state index contributed by atoms with van der Waals surface area (Å²) in [6.45, 7) is 6.67. The third-order valence-corrected chi connectivity index (χ3v) is 6.52. The number of amides is 1. The fraction of sp³-hybridized carbons (Fsp3) is 0.667. The van der Waals surface area contributed by atoms with Crippen molar-refractivity contribution in [1.82, 2.24) is 0 Å². The van der Waals surface area contributed by atoms with E-state index in [1.54, 1.807) is 11.8 Å². The molecule has 0 spiro atoms. The normalized spacial score (nSPS) is 17.0. The zero-order valence-electron chi connectivity index (χ0n) is 15.6. The minimum Gasteiger partial charge on any atom is -0.325 e. The molecule has 0 unspecified atom stereocenters. The van der Waals surface area contributed by atoms with E-state index in [9.17, 15) is 4.79 Å². The van der Waals surface area contributed by atoms with Gasteiger partial charge in [0.25, 0.3) is 0 Å². The molecule has 0 heterocycles. The summed E-state index contributed by atoms with van der Waals surface area (Å²) in [6.07, 6.45) is 9.17. The number of anilines is 1. The van der Waals surface area contributed by atoms with Crippen molar-refractivity contribution in [1.29, 1.82) is 0 Å². The fourth-order valence-electron chi connectivity index (χ4n) is 3.99. The Hall–Kier alpha value is -0.960. The van der Waals surface area contributed by atoms with Crippen LogP contribution in [-0.4, -0.2) is 11.7 Å². The van der Waals surface area contributed by atoms with E-state index in [4.69, 9.17) is 0 Å². The van der Waals surface area contributed by atoms with Crippen LogP contribution in [-0.2, 0) is 4.79 Å². The molecule has 1 amide bonds. The van der Waals surface area contributed by atoms with Crippen LogP contribution in [0.3, 0.4) is 0 Å². The zero-order valence-corrected chi connectivity index (χ0v) is 16.4. The Morgan fingerprint density at radius 3 is 2.42 bits per heavy atom. The summed E-state index contributed by atoms with van der Waals surface area (Å²) in [5.41, 5.74) is 0.836. The lowest BCUT2D eigenvalue weighted by atomic mass is 9.67. The Labute approximate surface area is 152 Å². The number of carbonyl (C=O) groups is 1. The second kappa shape index (κ2) is 9.50. The van der Waals surface area contributed by atoms with Crippen LogP contribution in [0.2, 0.25) is 0 Å². The first-order valence-electron chi connectivity index (χ1n) is 9.68. The second-order valence-corrected chi connectivity index (χ2v) is 8.42. The van der Waals surface area contributed by atoms with Gasteiger partial charge in [0.1, 0.15) is 0 Å². The molecule has 134 valence electrons. The summed E-state index contributed by atoms with van der Waals surface area (Å²) in [5, 5.41) is 3.30. The van der Waals surface area contributed by atoms with E-state index in [2.05, 4.69) is 32.2 Å². The number of hydrogen-bond donors (Lipinski definition) is 1. The molecule has 1 aliphatic carbocycles. The third-order valence-electron chi connectivity index (χ3n) is 5.56. The molecule has 3 heteroatoms. The number of thioether (sulfide) groups is 1. The molecule has 0 atom stereocenters. The number of carbonyl (C=O) groups excluding carboxylic acids is 1. The van der Waals surface area contributed by atoms with Crippen molar-refractivity contribution >= 4 is 23.4 Å². The highest BCUT2D eigenvalue weighted by atomic mass is 32.2. The Morgan fingerprint density at radius 2 is 1.79 bits per heavy atom. The van der Waals surface area contributed by atoms with Crippen molar-refractivity contribution in [3.8, 4) is 0 Å². The van der Waals surface area contributed by atoms with Crippen LogP contribution < -0.4 is 5.32 Å². The molecular formula is C21H33NOS. The molecule has 0 radical (unpaired) electrons. The van der Waals surface area contributed by atoms with Crippen molar-refractivity contribution in [2.45, 2.75) is 77.0 Å². The molecule has 1 aromatic rings. The van der Waals surface area contributed by atoms with E-state index >= 15 is 0 Å². The number of nitrogens with one attached hydrogen (secondary N) is 1. The van der Waals surface area contributed by atoms with Crippen LogP contribution in [0.1, 0.15) is 72.1 Å². The molecule has 24 heavy (non-hydrogen) atoms. The van der Waals surface area contributed by atoms with Crippen LogP contribution in [0.25, 0.3) is 0 Å². The molecule has 1 fully saturated rings. The zero-order chi connectivity index (χ0) is 17.4. The van der Waals surface area contributed by atoms with Gasteiger partial charge in [0.2, 0.25) is 5.91 Å². The molecule has 1 N–H and O–H groups in total. The van der Waals surface area contributed by atoms with Crippen LogP contribution in [0, 0.1) is 11.3 Å². The second-order valence-electron chi connectivity index (χ2n) is 7.11. The molecular weight excluding hydrogens is 314 g/mol. The quantitative estimate of drug-likeness (QED) is 0.543. The van der Waals surface area contributed by atoms with Gasteiger partial charge in [0.15, 0.2) is 0 Å². The highest BCUT2D eigenvalue weighted by Crippen LogP contribution is 2.44. The van der Waals surface area contributed by atoms with Gasteiger partial charge in [-0.1, -0.05) is 65.0 Å². The standard InChI is InChI=1S/C21H33NOS/c1-4-17(5-2)16-21(14-10-7-11-15-21)20(23)22-18-12-8-9-13-19(18)24-6-3/h8-9,12-13,17H,4-7,10-11,14-16H2,1-3H3,(H,22,23). The molecule has 1 aromatic carbocycles. The minimum atomic E-state index is -0.154. The van der Waals surface area contributed by atoms with Crippen LogP contribution in [0.15, 0.2) is 29.2 Å². The Bertz CT molecular complexity index is 518. The largest absolute Gasteiger partial charge is 0.325 e. The molecule has 1 saturated carbocycles. The van der Waals surface area contributed by atoms with Gasteiger partial charge < -0.3 is 5.32 Å². The summed E-state index contributed by atoms with van der Waals surface area (Å²) in [4.78, 5) is 14.5. The fourth-order valence-corrected chi connectivity index (χ4v) is 4.75. The molecule has 0 aliphatic heterocycles. The third kappa shape index (κ3) is 4.78. The van der Waals surface area contributed by atoms with Gasteiger partial charge >= 0.3 is 0 Å². The number of rotatable bonds is 8. The van der Waals surface area contributed by atoms with E-state index in [0.717, 1.165) is 30.7 Å². The average molecular weight is 348 g/mol. The summed E-state index contributed by atoms with van der Waals surface area (Å²) in [7, 11) is 0. The number of benzene rings is 1. The van der Waals surface area contributed by atoms with Crippen LogP contribution >= 0.6 is 11.8 Å². The first-order valence-corrected chi connectivity index (χ1v) is 10.7. The van der Waals surface area contributed by atoms with Crippen molar-refractivity contribution < 1.29 is 4.79 Å². The van der Waals surface area contributed by atoms with E-state index in [1.807, 2.05) is 18.2 Å². The predicted molar refractivity (Wildman–Crippen MR) is 106 cm³/mol. The van der Waals surface area contributed by atoms with E-state index in [1.165, 1.54) is 37.0 Å². The molecule has 0 bridgehead atoms. The average Bonchev–Trinajstić information content (AvgIpc) is 2.62. The van der Waals surface area contributed by atoms with Gasteiger partial charge in [0, 0.05) is 10.3 Å². The first kappa shape index (κ1) is 19.4. The summed E-state index contributed by atoms with van der Waals surface area (Å²) >= 11 is 1.80. The lowest BCUT2D eigenvalue weighted by Crippen LogP contribution is -2.39.